The molecule has 2 aliphatic heterocycles. The monoisotopic (exact) mass is 218 g/mol. The molecule has 2 unspecified atom stereocenters. The Labute approximate surface area is 96.4 Å². The Balaban J connectivity index is 1.73. The fourth-order valence-corrected chi connectivity index (χ4v) is 2.68. The van der Waals surface area contributed by atoms with Crippen LogP contribution in [0.4, 0.5) is 5.69 Å². The molecule has 0 radical (unpaired) electrons. The highest BCUT2D eigenvalue weighted by molar-refractivity contribution is 5.58. The van der Waals surface area contributed by atoms with Crippen LogP contribution in [0.15, 0.2) is 24.3 Å². The fraction of sp³-hybridized carbons (Fsp3) is 0.538. The number of likely N-dealkylation sites (tertiary alicyclic amines) is 1. The summed E-state index contributed by atoms with van der Waals surface area (Å²) in [5.74, 6) is 1.71. The Morgan fingerprint density at radius 2 is 2.25 bits per heavy atom. The van der Waals surface area contributed by atoms with Crippen molar-refractivity contribution in [2.24, 2.45) is 5.92 Å². The van der Waals surface area contributed by atoms with E-state index in [9.17, 15) is 0 Å². The minimum absolute atomic E-state index is 0.472. The van der Waals surface area contributed by atoms with Crippen LogP contribution in [0.3, 0.4) is 0 Å². The third-order valence-corrected chi connectivity index (χ3v) is 3.64. The van der Waals surface area contributed by atoms with Gasteiger partial charge in [0.15, 0.2) is 0 Å². The summed E-state index contributed by atoms with van der Waals surface area (Å²) < 4.78 is 5.80. The number of rotatable bonds is 1. The molecule has 0 bridgehead atoms. The maximum atomic E-state index is 5.80. The first-order valence-electron chi connectivity index (χ1n) is 6.00. The van der Waals surface area contributed by atoms with Crippen molar-refractivity contribution in [3.05, 3.63) is 24.3 Å². The quantitative estimate of drug-likeness (QED) is 0.778. The summed E-state index contributed by atoms with van der Waals surface area (Å²) in [7, 11) is 2.19. The number of nitrogens with one attached hydrogen (secondary N) is 1. The smallest absolute Gasteiger partial charge is 0.142 e. The van der Waals surface area contributed by atoms with Gasteiger partial charge < -0.3 is 15.0 Å². The number of nitrogens with zero attached hydrogens (tertiary/aromatic N) is 1. The molecule has 2 aliphatic rings. The van der Waals surface area contributed by atoms with E-state index in [1.165, 1.54) is 19.5 Å². The van der Waals surface area contributed by atoms with Gasteiger partial charge >= 0.3 is 0 Å². The van der Waals surface area contributed by atoms with Gasteiger partial charge in [0.25, 0.3) is 0 Å². The van der Waals surface area contributed by atoms with Crippen molar-refractivity contribution in [1.29, 1.82) is 0 Å². The van der Waals surface area contributed by atoms with Gasteiger partial charge in [0.2, 0.25) is 0 Å². The zero-order valence-corrected chi connectivity index (χ0v) is 9.65. The molecular formula is C13H18N2O. The molecule has 0 spiro atoms. The number of benzene rings is 1. The second-order valence-corrected chi connectivity index (χ2v) is 4.87. The Morgan fingerprint density at radius 3 is 3.06 bits per heavy atom. The zero-order chi connectivity index (χ0) is 11.0. The molecule has 1 N–H and O–H groups in total. The molecule has 16 heavy (non-hydrogen) atoms. The molecule has 1 aromatic carbocycles. The predicted molar refractivity (Wildman–Crippen MR) is 65.0 cm³/mol. The predicted octanol–water partition coefficient (Wildman–Crippen LogP) is 1.81. The molecule has 0 aromatic heterocycles. The third kappa shape index (κ3) is 1.76. The molecule has 2 atom stereocenters. The van der Waals surface area contributed by atoms with Gasteiger partial charge in [-0.25, -0.2) is 0 Å². The second-order valence-electron chi connectivity index (χ2n) is 4.87. The van der Waals surface area contributed by atoms with Gasteiger partial charge in [-0.15, -0.1) is 0 Å². The number of hydrogen-bond donors (Lipinski definition) is 1. The molecule has 3 rings (SSSR count). The standard InChI is InChI=1S/C13H18N2O/c1-15-7-6-10(8-15)12-9-16-13-5-3-2-4-11(13)14-12/h2-5,10,12,14H,6-9H2,1H3. The first-order chi connectivity index (χ1) is 7.83. The largest absolute Gasteiger partial charge is 0.489 e. The van der Waals surface area contributed by atoms with E-state index >= 15 is 0 Å². The van der Waals surface area contributed by atoms with Crippen LogP contribution >= 0.6 is 0 Å². The SMILES string of the molecule is CN1CCC(C2COc3ccccc3N2)C1. The van der Waals surface area contributed by atoms with Crippen LogP contribution in [0.2, 0.25) is 0 Å². The van der Waals surface area contributed by atoms with E-state index < -0.39 is 0 Å². The molecule has 3 nitrogen and oxygen atoms in total. The van der Waals surface area contributed by atoms with Crippen molar-refractivity contribution >= 4 is 5.69 Å². The van der Waals surface area contributed by atoms with E-state index in [2.05, 4.69) is 29.4 Å². The summed E-state index contributed by atoms with van der Waals surface area (Å²) in [6.45, 7) is 3.20. The lowest BCUT2D eigenvalue weighted by Crippen LogP contribution is -2.39. The van der Waals surface area contributed by atoms with Gasteiger partial charge in [0.05, 0.1) is 11.7 Å². The van der Waals surface area contributed by atoms with Crippen LogP contribution in [-0.2, 0) is 0 Å². The van der Waals surface area contributed by atoms with Crippen LogP contribution in [0.1, 0.15) is 6.42 Å². The summed E-state index contributed by atoms with van der Waals surface area (Å²) in [5, 5.41) is 3.61. The van der Waals surface area contributed by atoms with Gasteiger partial charge in [-0.2, -0.15) is 0 Å². The summed E-state index contributed by atoms with van der Waals surface area (Å²) >= 11 is 0. The van der Waals surface area contributed by atoms with Gasteiger partial charge in [-0.3, -0.25) is 0 Å². The van der Waals surface area contributed by atoms with E-state index in [0.717, 1.165) is 24.0 Å². The van der Waals surface area contributed by atoms with Crippen molar-refractivity contribution < 1.29 is 4.74 Å². The van der Waals surface area contributed by atoms with E-state index in [1.807, 2.05) is 12.1 Å². The normalized spacial score (nSPS) is 29.3. The maximum Gasteiger partial charge on any atom is 0.142 e. The van der Waals surface area contributed by atoms with Crippen molar-refractivity contribution in [3.63, 3.8) is 0 Å². The Hall–Kier alpha value is -1.22. The molecule has 0 aliphatic carbocycles. The number of fused-ring (bicyclic) bond motifs is 1. The summed E-state index contributed by atoms with van der Waals surface area (Å²) in [6, 6.07) is 8.67. The molecule has 86 valence electrons. The lowest BCUT2D eigenvalue weighted by atomic mass is 9.98. The minimum Gasteiger partial charge on any atom is -0.489 e. The average Bonchev–Trinajstić information content (AvgIpc) is 2.75. The highest BCUT2D eigenvalue weighted by atomic mass is 16.5. The average molecular weight is 218 g/mol. The lowest BCUT2D eigenvalue weighted by molar-refractivity contribution is 0.244. The van der Waals surface area contributed by atoms with Gasteiger partial charge in [-0.05, 0) is 38.1 Å². The lowest BCUT2D eigenvalue weighted by Gasteiger charge is -2.31. The summed E-state index contributed by atoms with van der Waals surface area (Å²) in [6.07, 6.45) is 1.28. The Morgan fingerprint density at radius 1 is 1.38 bits per heavy atom. The second kappa shape index (κ2) is 3.98. The van der Waals surface area contributed by atoms with Crippen LogP contribution < -0.4 is 10.1 Å². The van der Waals surface area contributed by atoms with Crippen molar-refractivity contribution in [2.45, 2.75) is 12.5 Å². The molecule has 2 heterocycles. The van der Waals surface area contributed by atoms with Crippen LogP contribution in [0, 0.1) is 5.92 Å². The van der Waals surface area contributed by atoms with Crippen molar-refractivity contribution in [2.75, 3.05) is 32.1 Å². The number of ether oxygens (including phenoxy) is 1. The third-order valence-electron chi connectivity index (χ3n) is 3.64. The first-order valence-corrected chi connectivity index (χ1v) is 6.00. The highest BCUT2D eigenvalue weighted by Gasteiger charge is 2.30. The molecule has 1 aromatic rings. The first kappa shape index (κ1) is 9.97. The van der Waals surface area contributed by atoms with E-state index in [4.69, 9.17) is 4.74 Å². The summed E-state index contributed by atoms with van der Waals surface area (Å²) in [4.78, 5) is 2.40. The Kier molecular flexibility index (Phi) is 2.48. The van der Waals surface area contributed by atoms with Crippen molar-refractivity contribution in [1.82, 2.24) is 4.90 Å². The van der Waals surface area contributed by atoms with E-state index in [0.29, 0.717) is 6.04 Å². The van der Waals surface area contributed by atoms with Gasteiger partial charge in [-0.1, -0.05) is 12.1 Å². The van der Waals surface area contributed by atoms with Crippen LogP contribution in [-0.4, -0.2) is 37.7 Å². The fourth-order valence-electron chi connectivity index (χ4n) is 2.68. The molecule has 3 heteroatoms. The Bertz CT molecular complexity index is 380. The molecule has 1 fully saturated rings. The topological polar surface area (TPSA) is 24.5 Å². The minimum atomic E-state index is 0.472. The number of hydrogen-bond acceptors (Lipinski definition) is 3. The number of para-hydroxylation sites is 2. The summed E-state index contributed by atoms with van der Waals surface area (Å²) in [5.41, 5.74) is 1.15. The molecule has 0 saturated carbocycles. The molecule has 1 saturated heterocycles. The van der Waals surface area contributed by atoms with Gasteiger partial charge in [0, 0.05) is 6.54 Å². The number of anilines is 1. The highest BCUT2D eigenvalue weighted by Crippen LogP contribution is 2.31. The van der Waals surface area contributed by atoms with Gasteiger partial charge in [0.1, 0.15) is 12.4 Å². The zero-order valence-electron chi connectivity index (χ0n) is 9.65. The van der Waals surface area contributed by atoms with Crippen LogP contribution in [0.25, 0.3) is 0 Å². The molecular weight excluding hydrogens is 200 g/mol. The molecule has 0 amide bonds. The van der Waals surface area contributed by atoms with Crippen molar-refractivity contribution in [3.8, 4) is 5.75 Å². The van der Waals surface area contributed by atoms with E-state index in [-0.39, 0.29) is 0 Å². The van der Waals surface area contributed by atoms with E-state index in [1.54, 1.807) is 0 Å². The maximum absolute atomic E-state index is 5.80. The van der Waals surface area contributed by atoms with Crippen LogP contribution in [0.5, 0.6) is 5.75 Å².